The van der Waals surface area contributed by atoms with Crippen LogP contribution < -0.4 is 10.6 Å². The second-order valence-corrected chi connectivity index (χ2v) is 6.75. The highest BCUT2D eigenvalue weighted by atomic mass is 16.2. The molecule has 4 rings (SSSR count). The van der Waals surface area contributed by atoms with E-state index in [1.165, 1.54) is 19.3 Å². The summed E-state index contributed by atoms with van der Waals surface area (Å²) in [5.74, 6) is 0.739. The average Bonchev–Trinajstić information content (AvgIpc) is 3.03. The van der Waals surface area contributed by atoms with Crippen LogP contribution in [0.4, 0.5) is 10.5 Å². The molecule has 0 aliphatic heterocycles. The number of carbonyl (C=O) groups excluding carboxylic acids is 1. The van der Waals surface area contributed by atoms with Gasteiger partial charge in [0.1, 0.15) is 0 Å². The van der Waals surface area contributed by atoms with E-state index in [1.807, 2.05) is 43.3 Å². The van der Waals surface area contributed by atoms with Crippen molar-refractivity contribution in [2.45, 2.75) is 45.1 Å². The molecule has 1 aromatic carbocycles. The monoisotopic (exact) mass is 350 g/mol. The molecule has 1 fully saturated rings. The van der Waals surface area contributed by atoms with Gasteiger partial charge < -0.3 is 10.6 Å². The Hall–Kier alpha value is -2.96. The topological polar surface area (TPSA) is 84.2 Å². The number of aromatic nitrogens is 4. The lowest BCUT2D eigenvalue weighted by atomic mass is 9.96. The number of hydrogen-bond acceptors (Lipinski definition) is 4. The molecule has 0 saturated heterocycles. The van der Waals surface area contributed by atoms with E-state index in [0.717, 1.165) is 35.6 Å². The number of fused-ring (bicyclic) bond motifs is 1. The Morgan fingerprint density at radius 3 is 2.81 bits per heavy atom. The first kappa shape index (κ1) is 16.5. The number of nitrogens with one attached hydrogen (secondary N) is 2. The fourth-order valence-corrected chi connectivity index (χ4v) is 3.41. The highest BCUT2D eigenvalue weighted by Crippen LogP contribution is 2.22. The number of carbonyl (C=O) groups is 1. The van der Waals surface area contributed by atoms with Crippen LogP contribution in [0.1, 0.15) is 37.9 Å². The number of anilines is 1. The van der Waals surface area contributed by atoms with Gasteiger partial charge in [0.05, 0.1) is 5.69 Å². The largest absolute Gasteiger partial charge is 0.335 e. The molecular weight excluding hydrogens is 328 g/mol. The molecule has 2 N–H and O–H groups in total. The summed E-state index contributed by atoms with van der Waals surface area (Å²) in [6.07, 6.45) is 5.78. The first-order chi connectivity index (χ1) is 12.7. The first-order valence-corrected chi connectivity index (χ1v) is 9.06. The molecule has 2 aromatic heterocycles. The van der Waals surface area contributed by atoms with Gasteiger partial charge in [-0.25, -0.2) is 4.79 Å². The Bertz CT molecular complexity index is 929. The third kappa shape index (κ3) is 3.51. The van der Waals surface area contributed by atoms with Gasteiger partial charge in [0, 0.05) is 17.3 Å². The molecule has 1 aliphatic rings. The van der Waals surface area contributed by atoms with Gasteiger partial charge in [-0.05, 0) is 44.0 Å². The van der Waals surface area contributed by atoms with Gasteiger partial charge in [-0.3, -0.25) is 0 Å². The van der Waals surface area contributed by atoms with Crippen LogP contribution in [0, 0.1) is 6.92 Å². The van der Waals surface area contributed by atoms with E-state index >= 15 is 0 Å². The molecular formula is C19H22N6O. The van der Waals surface area contributed by atoms with E-state index in [9.17, 15) is 4.79 Å². The van der Waals surface area contributed by atoms with Crippen molar-refractivity contribution in [3.05, 3.63) is 42.2 Å². The van der Waals surface area contributed by atoms with Crippen molar-refractivity contribution in [3.63, 3.8) is 0 Å². The van der Waals surface area contributed by atoms with Crippen LogP contribution in [-0.2, 0) is 0 Å². The molecule has 7 nitrogen and oxygen atoms in total. The molecule has 1 aliphatic carbocycles. The highest BCUT2D eigenvalue weighted by molar-refractivity contribution is 5.90. The quantitative estimate of drug-likeness (QED) is 0.756. The lowest BCUT2D eigenvalue weighted by Gasteiger charge is -2.22. The van der Waals surface area contributed by atoms with Gasteiger partial charge in [-0.15, -0.1) is 10.2 Å². The van der Waals surface area contributed by atoms with Gasteiger partial charge in [0.25, 0.3) is 0 Å². The summed E-state index contributed by atoms with van der Waals surface area (Å²) in [5, 5.41) is 18.7. The Labute approximate surface area is 151 Å². The summed E-state index contributed by atoms with van der Waals surface area (Å²) in [4.78, 5) is 12.3. The fraction of sp³-hybridized carbons (Fsp3) is 0.368. The summed E-state index contributed by atoms with van der Waals surface area (Å²) in [5.41, 5.74) is 3.19. The van der Waals surface area contributed by atoms with Crippen LogP contribution in [0.5, 0.6) is 0 Å². The summed E-state index contributed by atoms with van der Waals surface area (Å²) in [7, 11) is 0. The Balaban J connectivity index is 1.50. The predicted molar refractivity (Wildman–Crippen MR) is 100.0 cm³/mol. The normalized spacial score (nSPS) is 15.1. The lowest BCUT2D eigenvalue weighted by molar-refractivity contribution is 0.244. The van der Waals surface area contributed by atoms with Crippen LogP contribution in [0.15, 0.2) is 36.4 Å². The van der Waals surface area contributed by atoms with E-state index in [-0.39, 0.29) is 12.1 Å². The molecule has 3 aromatic rings. The molecule has 26 heavy (non-hydrogen) atoms. The van der Waals surface area contributed by atoms with Crippen molar-refractivity contribution in [1.29, 1.82) is 0 Å². The molecule has 0 unspecified atom stereocenters. The zero-order valence-corrected chi connectivity index (χ0v) is 14.8. The minimum atomic E-state index is -0.146. The third-order valence-corrected chi connectivity index (χ3v) is 4.78. The maximum atomic E-state index is 12.3. The Kier molecular flexibility index (Phi) is 4.51. The third-order valence-electron chi connectivity index (χ3n) is 4.78. The van der Waals surface area contributed by atoms with Crippen molar-refractivity contribution in [3.8, 4) is 11.3 Å². The van der Waals surface area contributed by atoms with E-state index in [2.05, 4.69) is 25.9 Å². The van der Waals surface area contributed by atoms with Crippen LogP contribution in [-0.4, -0.2) is 31.9 Å². The van der Waals surface area contributed by atoms with Crippen molar-refractivity contribution in [2.24, 2.45) is 0 Å². The van der Waals surface area contributed by atoms with E-state index < -0.39 is 0 Å². The molecule has 2 amide bonds. The van der Waals surface area contributed by atoms with Crippen LogP contribution >= 0.6 is 0 Å². The number of urea groups is 1. The first-order valence-electron chi connectivity index (χ1n) is 9.06. The molecule has 0 radical (unpaired) electrons. The maximum absolute atomic E-state index is 12.3. The lowest BCUT2D eigenvalue weighted by Crippen LogP contribution is -2.39. The van der Waals surface area contributed by atoms with Gasteiger partial charge >= 0.3 is 6.03 Å². The van der Waals surface area contributed by atoms with Crippen molar-refractivity contribution >= 4 is 17.4 Å². The minimum absolute atomic E-state index is 0.146. The molecule has 134 valence electrons. The molecule has 0 spiro atoms. The fourth-order valence-electron chi connectivity index (χ4n) is 3.41. The number of hydrogen-bond donors (Lipinski definition) is 2. The minimum Gasteiger partial charge on any atom is -0.335 e. The number of amides is 2. The van der Waals surface area contributed by atoms with E-state index in [0.29, 0.717) is 5.65 Å². The standard InChI is InChI=1S/C19H22N6O/c1-13-22-23-18-11-10-17(24-25(13)18)14-6-5-9-16(12-14)21-19(26)20-15-7-3-2-4-8-15/h5-6,9-12,15H,2-4,7-8H2,1H3,(H2,20,21,26). The Morgan fingerprint density at radius 2 is 1.96 bits per heavy atom. The van der Waals surface area contributed by atoms with Crippen molar-refractivity contribution in [2.75, 3.05) is 5.32 Å². The summed E-state index contributed by atoms with van der Waals surface area (Å²) >= 11 is 0. The molecule has 2 heterocycles. The van der Waals surface area contributed by atoms with Gasteiger partial charge in [-0.2, -0.15) is 9.61 Å². The summed E-state index contributed by atoms with van der Waals surface area (Å²) in [6, 6.07) is 11.6. The number of aryl methyl sites for hydroxylation is 1. The molecule has 7 heteroatoms. The van der Waals surface area contributed by atoms with Crippen molar-refractivity contribution < 1.29 is 4.79 Å². The molecule has 1 saturated carbocycles. The van der Waals surface area contributed by atoms with Crippen LogP contribution in [0.3, 0.4) is 0 Å². The SMILES string of the molecule is Cc1nnc2ccc(-c3cccc(NC(=O)NC4CCCCC4)c3)nn12. The van der Waals surface area contributed by atoms with Crippen LogP contribution in [0.2, 0.25) is 0 Å². The van der Waals surface area contributed by atoms with E-state index in [4.69, 9.17) is 0 Å². The highest BCUT2D eigenvalue weighted by Gasteiger charge is 2.15. The number of nitrogens with zero attached hydrogens (tertiary/aromatic N) is 4. The second kappa shape index (κ2) is 7.11. The maximum Gasteiger partial charge on any atom is 0.319 e. The molecule has 0 bridgehead atoms. The molecule has 0 atom stereocenters. The number of benzene rings is 1. The van der Waals surface area contributed by atoms with E-state index in [1.54, 1.807) is 4.52 Å². The second-order valence-electron chi connectivity index (χ2n) is 6.75. The number of rotatable bonds is 3. The smallest absolute Gasteiger partial charge is 0.319 e. The van der Waals surface area contributed by atoms with Gasteiger partial charge in [0.15, 0.2) is 11.5 Å². The predicted octanol–water partition coefficient (Wildman–Crippen LogP) is 3.55. The summed E-state index contributed by atoms with van der Waals surface area (Å²) in [6.45, 7) is 1.87. The zero-order valence-electron chi connectivity index (χ0n) is 14.8. The van der Waals surface area contributed by atoms with Crippen LogP contribution in [0.25, 0.3) is 16.9 Å². The Morgan fingerprint density at radius 1 is 1.12 bits per heavy atom. The van der Waals surface area contributed by atoms with Gasteiger partial charge in [0.2, 0.25) is 0 Å². The van der Waals surface area contributed by atoms with Gasteiger partial charge in [-0.1, -0.05) is 31.4 Å². The average molecular weight is 350 g/mol. The van der Waals surface area contributed by atoms with Crippen molar-refractivity contribution in [1.82, 2.24) is 25.1 Å². The zero-order chi connectivity index (χ0) is 17.9. The summed E-state index contributed by atoms with van der Waals surface area (Å²) < 4.78 is 1.71.